The highest BCUT2D eigenvalue weighted by atomic mass is 32.2. The Morgan fingerprint density at radius 1 is 1.47 bits per heavy atom. The molecule has 2 rings (SSSR count). The summed E-state index contributed by atoms with van der Waals surface area (Å²) in [6, 6.07) is 6.15. The summed E-state index contributed by atoms with van der Waals surface area (Å²) in [4.78, 5) is 1.28. The predicted molar refractivity (Wildman–Crippen MR) is 88.6 cm³/mol. The second-order valence-corrected chi connectivity index (χ2v) is 6.56. The van der Waals surface area contributed by atoms with Crippen LogP contribution in [-0.4, -0.2) is 16.1 Å². The number of hydrogen-bond donors (Lipinski definition) is 2. The van der Waals surface area contributed by atoms with Crippen molar-refractivity contribution in [3.8, 4) is 0 Å². The Bertz CT molecular complexity index is 469. The molecule has 2 nitrogen and oxygen atoms in total. The van der Waals surface area contributed by atoms with E-state index in [9.17, 15) is 0 Å². The maximum absolute atomic E-state index is 5.93. The van der Waals surface area contributed by atoms with E-state index in [4.69, 9.17) is 5.73 Å². The molecule has 1 unspecified atom stereocenters. The van der Waals surface area contributed by atoms with Gasteiger partial charge < -0.3 is 5.73 Å². The van der Waals surface area contributed by atoms with Crippen LogP contribution in [0.4, 0.5) is 5.69 Å². The van der Waals surface area contributed by atoms with Crippen molar-refractivity contribution in [3.05, 3.63) is 49.1 Å². The Hall–Kier alpha value is -0.840. The molecule has 1 aromatic carbocycles. The van der Waals surface area contributed by atoms with Gasteiger partial charge in [-0.15, -0.1) is 24.9 Å². The molecule has 1 fully saturated rings. The summed E-state index contributed by atoms with van der Waals surface area (Å²) >= 11 is 6.46. The molecule has 1 aliphatic carbocycles. The van der Waals surface area contributed by atoms with E-state index in [0.717, 1.165) is 10.9 Å². The Balaban J connectivity index is 2.29. The topological polar surface area (TPSA) is 29.3 Å². The van der Waals surface area contributed by atoms with Gasteiger partial charge in [-0.1, -0.05) is 25.0 Å². The number of anilines is 1. The number of thioether (sulfide) groups is 1. The quantitative estimate of drug-likeness (QED) is 0.451. The van der Waals surface area contributed by atoms with Crippen molar-refractivity contribution in [2.75, 3.05) is 12.3 Å². The lowest BCUT2D eigenvalue weighted by atomic mass is 10.1. The van der Waals surface area contributed by atoms with Crippen LogP contribution in [0.5, 0.6) is 0 Å². The monoisotopic (exact) mass is 292 g/mol. The van der Waals surface area contributed by atoms with Gasteiger partial charge >= 0.3 is 0 Å². The zero-order valence-electron chi connectivity index (χ0n) is 11.0. The van der Waals surface area contributed by atoms with E-state index in [1.165, 1.54) is 23.3 Å². The fraction of sp³-hybridized carbons (Fsp3) is 0.333. The van der Waals surface area contributed by atoms with Crippen LogP contribution in [-0.2, 0) is 0 Å². The SMILES string of the molecule is C=CCN(S)C(C=C)c1cc(N)ccc1SC1CC1. The molecule has 0 aliphatic heterocycles. The molecule has 1 aliphatic rings. The molecule has 0 aromatic heterocycles. The first-order valence-corrected chi connectivity index (χ1v) is 7.68. The van der Waals surface area contributed by atoms with Crippen molar-refractivity contribution < 1.29 is 0 Å². The van der Waals surface area contributed by atoms with E-state index >= 15 is 0 Å². The van der Waals surface area contributed by atoms with Crippen LogP contribution in [0, 0.1) is 0 Å². The van der Waals surface area contributed by atoms with Gasteiger partial charge in [0.25, 0.3) is 0 Å². The molecule has 2 N–H and O–H groups in total. The number of hydrogen-bond acceptors (Lipinski definition) is 4. The minimum Gasteiger partial charge on any atom is -0.399 e. The third-order valence-corrected chi connectivity index (χ3v) is 4.87. The van der Waals surface area contributed by atoms with Crippen molar-refractivity contribution in [1.82, 2.24) is 4.31 Å². The van der Waals surface area contributed by atoms with Crippen LogP contribution in [0.3, 0.4) is 0 Å². The highest BCUT2D eigenvalue weighted by molar-refractivity contribution is 8.00. The number of benzene rings is 1. The predicted octanol–water partition coefficient (Wildman–Crippen LogP) is 4.08. The average Bonchev–Trinajstić information content (AvgIpc) is 3.18. The van der Waals surface area contributed by atoms with E-state index < -0.39 is 0 Å². The lowest BCUT2D eigenvalue weighted by Gasteiger charge is -2.25. The van der Waals surface area contributed by atoms with Gasteiger partial charge in [-0.05, 0) is 36.6 Å². The molecule has 0 amide bonds. The molecule has 0 radical (unpaired) electrons. The van der Waals surface area contributed by atoms with Crippen molar-refractivity contribution in [2.45, 2.75) is 29.0 Å². The fourth-order valence-corrected chi connectivity index (χ4v) is 3.45. The van der Waals surface area contributed by atoms with Crippen LogP contribution in [0.1, 0.15) is 24.4 Å². The summed E-state index contributed by atoms with van der Waals surface area (Å²) in [7, 11) is 0. The Labute approximate surface area is 125 Å². The van der Waals surface area contributed by atoms with E-state index in [1.54, 1.807) is 0 Å². The molecule has 1 aromatic rings. The lowest BCUT2D eigenvalue weighted by molar-refractivity contribution is 0.457. The summed E-state index contributed by atoms with van der Waals surface area (Å²) in [5.74, 6) is 0. The summed E-state index contributed by atoms with van der Waals surface area (Å²) < 4.78 is 1.92. The Morgan fingerprint density at radius 2 is 2.21 bits per heavy atom. The van der Waals surface area contributed by atoms with E-state index in [0.29, 0.717) is 6.54 Å². The number of nitrogens with zero attached hydrogens (tertiary/aromatic N) is 1. The first kappa shape index (κ1) is 14.6. The van der Waals surface area contributed by atoms with Crippen LogP contribution in [0.25, 0.3) is 0 Å². The third-order valence-electron chi connectivity index (χ3n) is 3.03. The van der Waals surface area contributed by atoms with Gasteiger partial charge in [-0.2, -0.15) is 0 Å². The molecule has 19 heavy (non-hydrogen) atoms. The average molecular weight is 292 g/mol. The van der Waals surface area contributed by atoms with Crippen molar-refractivity contribution in [3.63, 3.8) is 0 Å². The maximum Gasteiger partial charge on any atom is 0.0643 e. The molecule has 0 bridgehead atoms. The van der Waals surface area contributed by atoms with Crippen LogP contribution in [0.15, 0.2) is 48.4 Å². The number of nitrogens with two attached hydrogens (primary N) is 1. The maximum atomic E-state index is 5.93. The van der Waals surface area contributed by atoms with E-state index in [-0.39, 0.29) is 6.04 Å². The smallest absolute Gasteiger partial charge is 0.0643 e. The molecule has 0 saturated heterocycles. The van der Waals surface area contributed by atoms with Crippen molar-refractivity contribution in [2.24, 2.45) is 0 Å². The van der Waals surface area contributed by atoms with Gasteiger partial charge in [0.15, 0.2) is 0 Å². The Morgan fingerprint density at radius 3 is 2.79 bits per heavy atom. The van der Waals surface area contributed by atoms with Gasteiger partial charge in [0.05, 0.1) is 6.04 Å². The second-order valence-electron chi connectivity index (χ2n) is 4.71. The zero-order chi connectivity index (χ0) is 13.8. The van der Waals surface area contributed by atoms with Crippen LogP contribution < -0.4 is 5.73 Å². The highest BCUT2D eigenvalue weighted by Crippen LogP contribution is 2.43. The van der Waals surface area contributed by atoms with Crippen LogP contribution in [0.2, 0.25) is 0 Å². The molecule has 1 saturated carbocycles. The standard InChI is InChI=1S/C15H20N2S2/c1-3-9-17(18)14(4-2)13-10-11(16)5-8-15(13)19-12-6-7-12/h3-5,8,10,12,14,18H,1-2,6-7,9,16H2. The number of rotatable bonds is 7. The van der Waals surface area contributed by atoms with Gasteiger partial charge in [0.2, 0.25) is 0 Å². The van der Waals surface area contributed by atoms with Gasteiger partial charge in [0.1, 0.15) is 0 Å². The Kier molecular flexibility index (Phi) is 5.02. The van der Waals surface area contributed by atoms with Crippen molar-refractivity contribution in [1.29, 1.82) is 0 Å². The van der Waals surface area contributed by atoms with Gasteiger partial charge in [-0.25, -0.2) is 4.31 Å². The third kappa shape index (κ3) is 3.81. The summed E-state index contributed by atoms with van der Waals surface area (Å²) in [6.45, 7) is 8.38. The first-order chi connectivity index (χ1) is 9.15. The molecule has 1 atom stereocenters. The van der Waals surface area contributed by atoms with E-state index in [1.807, 2.05) is 40.4 Å². The first-order valence-electron chi connectivity index (χ1n) is 6.40. The summed E-state index contributed by atoms with van der Waals surface area (Å²) in [5.41, 5.74) is 7.90. The summed E-state index contributed by atoms with van der Waals surface area (Å²) in [6.07, 6.45) is 6.36. The zero-order valence-corrected chi connectivity index (χ0v) is 12.7. The fourth-order valence-electron chi connectivity index (χ4n) is 1.93. The van der Waals surface area contributed by atoms with Crippen molar-refractivity contribution >= 4 is 30.3 Å². The summed E-state index contributed by atoms with van der Waals surface area (Å²) in [5, 5.41) is 0.764. The van der Waals surface area contributed by atoms with Gasteiger partial charge in [-0.3, -0.25) is 0 Å². The molecule has 4 heteroatoms. The number of thiol groups is 1. The molecular weight excluding hydrogens is 272 g/mol. The minimum absolute atomic E-state index is 0.0473. The molecule has 0 heterocycles. The largest absolute Gasteiger partial charge is 0.399 e. The molecular formula is C15H20N2S2. The molecule has 0 spiro atoms. The lowest BCUT2D eigenvalue weighted by Crippen LogP contribution is -2.18. The highest BCUT2D eigenvalue weighted by Gasteiger charge is 2.25. The van der Waals surface area contributed by atoms with Crippen LogP contribution >= 0.6 is 24.6 Å². The number of nitrogen functional groups attached to an aromatic ring is 1. The normalized spacial score (nSPS) is 16.3. The van der Waals surface area contributed by atoms with E-state index in [2.05, 4.69) is 32.0 Å². The molecule has 102 valence electrons. The minimum atomic E-state index is 0.0473. The second kappa shape index (κ2) is 6.55. The van der Waals surface area contributed by atoms with Gasteiger partial charge in [0, 0.05) is 22.4 Å².